The molecule has 84 valence electrons. The fourth-order valence-electron chi connectivity index (χ4n) is 1.23. The maximum atomic E-state index is 13.3. The number of benzene rings is 1. The number of rotatable bonds is 5. The molecular weight excluding hydrogens is 229 g/mol. The van der Waals surface area contributed by atoms with Crippen LogP contribution in [0.25, 0.3) is 0 Å². The molecule has 0 N–H and O–H groups in total. The number of ether oxygens (including phenoxy) is 1. The Kier molecular flexibility index (Phi) is 4.75. The number of alkyl halides is 3. The van der Waals surface area contributed by atoms with Gasteiger partial charge in [-0.15, -0.1) is 11.6 Å². The first-order valence-electron chi connectivity index (χ1n) is 4.43. The Morgan fingerprint density at radius 3 is 2.67 bits per heavy atom. The summed E-state index contributed by atoms with van der Waals surface area (Å²) in [6, 6.07) is 3.86. The summed E-state index contributed by atoms with van der Waals surface area (Å²) in [5.41, 5.74) is 0.151. The molecule has 1 aromatic rings. The molecule has 0 saturated carbocycles. The molecule has 0 unspecified atom stereocenters. The van der Waals surface area contributed by atoms with Crippen LogP contribution in [0.5, 0.6) is 5.75 Å². The van der Waals surface area contributed by atoms with Crippen LogP contribution in [0.2, 0.25) is 0 Å². The van der Waals surface area contributed by atoms with E-state index in [1.54, 1.807) is 0 Å². The van der Waals surface area contributed by atoms with Crippen molar-refractivity contribution in [1.82, 2.24) is 0 Å². The van der Waals surface area contributed by atoms with E-state index in [4.69, 9.17) is 11.6 Å². The summed E-state index contributed by atoms with van der Waals surface area (Å²) in [6.07, 6.45) is 0.806. The fourth-order valence-corrected chi connectivity index (χ4v) is 1.37. The van der Waals surface area contributed by atoms with Gasteiger partial charge in [0.2, 0.25) is 0 Å². The highest BCUT2D eigenvalue weighted by Gasteiger charge is 2.12. The average molecular weight is 239 g/mol. The zero-order valence-corrected chi connectivity index (χ0v) is 8.61. The van der Waals surface area contributed by atoms with Crippen molar-refractivity contribution in [3.63, 3.8) is 0 Å². The SMILES string of the molecule is Fc1cccc(OC(F)F)c1CCCCl. The molecule has 0 amide bonds. The van der Waals surface area contributed by atoms with Crippen molar-refractivity contribution in [1.29, 1.82) is 0 Å². The third kappa shape index (κ3) is 3.63. The van der Waals surface area contributed by atoms with Gasteiger partial charge in [0, 0.05) is 11.4 Å². The summed E-state index contributed by atoms with van der Waals surface area (Å²) in [5.74, 6) is -0.309. The number of halogens is 4. The van der Waals surface area contributed by atoms with Crippen LogP contribution in [0.15, 0.2) is 18.2 Å². The zero-order valence-electron chi connectivity index (χ0n) is 7.85. The van der Waals surface area contributed by atoms with Crippen LogP contribution in [0.3, 0.4) is 0 Å². The molecule has 0 aliphatic rings. The van der Waals surface area contributed by atoms with Crippen molar-refractivity contribution >= 4 is 11.6 Å². The minimum atomic E-state index is -2.94. The molecule has 0 heterocycles. The molecule has 1 aromatic carbocycles. The topological polar surface area (TPSA) is 9.23 Å². The van der Waals surface area contributed by atoms with Gasteiger partial charge in [0.25, 0.3) is 0 Å². The van der Waals surface area contributed by atoms with Gasteiger partial charge in [-0.2, -0.15) is 8.78 Å². The smallest absolute Gasteiger partial charge is 0.387 e. The first-order valence-corrected chi connectivity index (χ1v) is 4.96. The van der Waals surface area contributed by atoms with Gasteiger partial charge in [0.1, 0.15) is 11.6 Å². The second-order valence-corrected chi connectivity index (χ2v) is 3.27. The molecule has 0 bridgehead atoms. The van der Waals surface area contributed by atoms with Crippen LogP contribution < -0.4 is 4.74 Å². The molecule has 1 rings (SSSR count). The molecule has 0 spiro atoms. The first kappa shape index (κ1) is 12.2. The normalized spacial score (nSPS) is 10.7. The second kappa shape index (κ2) is 5.85. The lowest BCUT2D eigenvalue weighted by molar-refractivity contribution is -0.0506. The van der Waals surface area contributed by atoms with Gasteiger partial charge in [0.15, 0.2) is 0 Å². The van der Waals surface area contributed by atoms with E-state index in [9.17, 15) is 13.2 Å². The van der Waals surface area contributed by atoms with E-state index in [0.29, 0.717) is 12.3 Å². The highest BCUT2D eigenvalue weighted by atomic mass is 35.5. The first-order chi connectivity index (χ1) is 7.15. The lowest BCUT2D eigenvalue weighted by Gasteiger charge is -2.10. The Balaban J connectivity index is 2.87. The van der Waals surface area contributed by atoms with Crippen LogP contribution in [0.1, 0.15) is 12.0 Å². The van der Waals surface area contributed by atoms with E-state index in [1.807, 2.05) is 0 Å². The molecule has 0 aromatic heterocycles. The van der Waals surface area contributed by atoms with E-state index in [0.717, 1.165) is 0 Å². The van der Waals surface area contributed by atoms with Gasteiger partial charge >= 0.3 is 6.61 Å². The predicted octanol–water partition coefficient (Wildman–Crippen LogP) is 3.60. The summed E-state index contributed by atoms with van der Waals surface area (Å²) < 4.78 is 41.4. The van der Waals surface area contributed by atoms with Crippen molar-refractivity contribution in [2.24, 2.45) is 0 Å². The number of hydrogen-bond donors (Lipinski definition) is 0. The van der Waals surface area contributed by atoms with Crippen molar-refractivity contribution in [3.8, 4) is 5.75 Å². The Morgan fingerprint density at radius 2 is 2.07 bits per heavy atom. The summed E-state index contributed by atoms with van der Waals surface area (Å²) >= 11 is 5.45. The Hall–Kier alpha value is -0.900. The number of hydrogen-bond acceptors (Lipinski definition) is 1. The van der Waals surface area contributed by atoms with Crippen molar-refractivity contribution < 1.29 is 17.9 Å². The highest BCUT2D eigenvalue weighted by molar-refractivity contribution is 6.17. The van der Waals surface area contributed by atoms with Crippen molar-refractivity contribution in [3.05, 3.63) is 29.6 Å². The van der Waals surface area contributed by atoms with Gasteiger partial charge < -0.3 is 4.74 Å². The molecule has 15 heavy (non-hydrogen) atoms. The standard InChI is InChI=1S/C10H10ClF3O/c11-6-2-3-7-8(12)4-1-5-9(7)15-10(13)14/h1,4-5,10H,2-3,6H2. The van der Waals surface area contributed by atoms with Crippen molar-refractivity contribution in [2.75, 3.05) is 5.88 Å². The average Bonchev–Trinajstić information content (AvgIpc) is 2.16. The quantitative estimate of drug-likeness (QED) is 0.713. The molecular formula is C10H10ClF3O. The Bertz CT molecular complexity index is 318. The van der Waals surface area contributed by atoms with Crippen LogP contribution in [0, 0.1) is 5.82 Å². The van der Waals surface area contributed by atoms with Gasteiger partial charge in [-0.25, -0.2) is 4.39 Å². The maximum Gasteiger partial charge on any atom is 0.387 e. The molecule has 0 saturated heterocycles. The second-order valence-electron chi connectivity index (χ2n) is 2.89. The largest absolute Gasteiger partial charge is 0.434 e. The van der Waals surface area contributed by atoms with E-state index >= 15 is 0 Å². The Morgan fingerprint density at radius 1 is 1.33 bits per heavy atom. The summed E-state index contributed by atoms with van der Waals surface area (Å²) in [7, 11) is 0. The van der Waals surface area contributed by atoms with Crippen LogP contribution in [-0.4, -0.2) is 12.5 Å². The summed E-state index contributed by atoms with van der Waals surface area (Å²) in [4.78, 5) is 0. The molecule has 5 heteroatoms. The van der Waals surface area contributed by atoms with Gasteiger partial charge in [-0.1, -0.05) is 6.07 Å². The van der Waals surface area contributed by atoms with Crippen molar-refractivity contribution in [2.45, 2.75) is 19.5 Å². The van der Waals surface area contributed by atoms with E-state index in [1.165, 1.54) is 18.2 Å². The molecule has 0 atom stereocenters. The van der Waals surface area contributed by atoms with Gasteiger partial charge in [0.05, 0.1) is 0 Å². The van der Waals surface area contributed by atoms with Crippen LogP contribution in [0.4, 0.5) is 13.2 Å². The van der Waals surface area contributed by atoms with Crippen LogP contribution in [-0.2, 0) is 6.42 Å². The molecule has 0 aliphatic heterocycles. The summed E-state index contributed by atoms with van der Waals surface area (Å²) in [5, 5.41) is 0. The minimum absolute atomic E-state index is 0.116. The lowest BCUT2D eigenvalue weighted by atomic mass is 10.1. The third-order valence-corrected chi connectivity index (χ3v) is 2.12. The van der Waals surface area contributed by atoms with Crippen LogP contribution >= 0.6 is 11.6 Å². The maximum absolute atomic E-state index is 13.3. The minimum Gasteiger partial charge on any atom is -0.434 e. The highest BCUT2D eigenvalue weighted by Crippen LogP contribution is 2.24. The molecule has 1 nitrogen and oxygen atoms in total. The zero-order chi connectivity index (χ0) is 11.3. The third-order valence-electron chi connectivity index (χ3n) is 1.85. The fraction of sp³-hybridized carbons (Fsp3) is 0.400. The summed E-state index contributed by atoms with van der Waals surface area (Å²) in [6.45, 7) is -2.94. The van der Waals surface area contributed by atoms with Gasteiger partial charge in [-0.05, 0) is 25.0 Å². The monoisotopic (exact) mass is 238 g/mol. The predicted molar refractivity (Wildman–Crippen MR) is 52.1 cm³/mol. The lowest BCUT2D eigenvalue weighted by Crippen LogP contribution is -2.06. The Labute approximate surface area is 90.8 Å². The van der Waals surface area contributed by atoms with E-state index in [-0.39, 0.29) is 17.7 Å². The molecule has 0 aliphatic carbocycles. The van der Waals surface area contributed by atoms with Gasteiger partial charge in [-0.3, -0.25) is 0 Å². The molecule has 0 fully saturated rings. The van der Waals surface area contributed by atoms with E-state index < -0.39 is 12.4 Å². The molecule has 0 radical (unpaired) electrons. The van der Waals surface area contributed by atoms with E-state index in [2.05, 4.69) is 4.74 Å².